The maximum Gasteiger partial charge on any atom is 0.249 e. The quantitative estimate of drug-likeness (QED) is 0.643. The van der Waals surface area contributed by atoms with Crippen LogP contribution < -0.4 is 0 Å². The first-order chi connectivity index (χ1) is 14.5. The van der Waals surface area contributed by atoms with E-state index in [1.54, 1.807) is 6.21 Å². The molecule has 30 heavy (non-hydrogen) atoms. The zero-order chi connectivity index (χ0) is 20.5. The van der Waals surface area contributed by atoms with E-state index < -0.39 is 23.1 Å². The maximum atomic E-state index is 14.3. The topological polar surface area (TPSA) is 50.5 Å². The molecule has 0 spiro atoms. The van der Waals surface area contributed by atoms with Crippen LogP contribution >= 0.6 is 0 Å². The van der Waals surface area contributed by atoms with Crippen LogP contribution in [-0.2, 0) is 11.3 Å². The fraction of sp³-hybridized carbons (Fsp3) is 0.348. The molecule has 152 valence electrons. The molecule has 3 aliphatic carbocycles. The zero-order valence-corrected chi connectivity index (χ0v) is 16.3. The van der Waals surface area contributed by atoms with Crippen molar-refractivity contribution in [2.75, 3.05) is 0 Å². The van der Waals surface area contributed by atoms with Crippen molar-refractivity contribution < 1.29 is 13.6 Å². The van der Waals surface area contributed by atoms with Gasteiger partial charge in [-0.05, 0) is 36.8 Å². The number of para-hydroxylation sites is 1. The minimum absolute atomic E-state index is 0.0443. The largest absolute Gasteiger partial charge is 0.272 e. The number of hydrogen-bond donors (Lipinski definition) is 0. The number of aromatic nitrogens is 2. The van der Waals surface area contributed by atoms with Gasteiger partial charge in [-0.3, -0.25) is 9.48 Å². The Balaban J connectivity index is 1.18. The van der Waals surface area contributed by atoms with Gasteiger partial charge in [-0.1, -0.05) is 24.3 Å². The molecule has 1 amide bonds. The minimum Gasteiger partial charge on any atom is -0.272 e. The van der Waals surface area contributed by atoms with Crippen LogP contribution in [0.3, 0.4) is 0 Å². The normalized spacial score (nSPS) is 29.1. The van der Waals surface area contributed by atoms with Crippen molar-refractivity contribution in [3.8, 4) is 0 Å². The maximum absolute atomic E-state index is 14.3. The van der Waals surface area contributed by atoms with Crippen molar-refractivity contribution in [3.05, 3.63) is 65.9 Å². The van der Waals surface area contributed by atoms with Gasteiger partial charge in [0.05, 0.1) is 23.2 Å². The fourth-order valence-electron chi connectivity index (χ4n) is 5.74. The van der Waals surface area contributed by atoms with Gasteiger partial charge in [0.15, 0.2) is 0 Å². The van der Waals surface area contributed by atoms with Crippen LogP contribution in [-0.4, -0.2) is 26.9 Å². The number of carbonyl (C=O) groups is 1. The van der Waals surface area contributed by atoms with Crippen LogP contribution in [0.2, 0.25) is 0 Å². The summed E-state index contributed by atoms with van der Waals surface area (Å²) in [7, 11) is 0. The Morgan fingerprint density at radius 2 is 1.93 bits per heavy atom. The van der Waals surface area contributed by atoms with Gasteiger partial charge < -0.3 is 0 Å². The Morgan fingerprint density at radius 1 is 1.13 bits per heavy atom. The summed E-state index contributed by atoms with van der Waals surface area (Å²) in [5.41, 5.74) is 1.12. The van der Waals surface area contributed by atoms with Crippen molar-refractivity contribution in [1.29, 1.82) is 0 Å². The minimum atomic E-state index is -0.636. The molecule has 3 saturated carbocycles. The number of amides is 1. The van der Waals surface area contributed by atoms with Crippen LogP contribution in [0.1, 0.15) is 37.3 Å². The predicted molar refractivity (Wildman–Crippen MR) is 108 cm³/mol. The Morgan fingerprint density at radius 3 is 2.73 bits per heavy atom. The molecule has 0 N–H and O–H groups in total. The third-order valence-electron chi connectivity index (χ3n) is 6.99. The summed E-state index contributed by atoms with van der Waals surface area (Å²) in [4.78, 5) is 13.3. The highest BCUT2D eigenvalue weighted by molar-refractivity contribution is 5.88. The molecule has 2 heterocycles. The second-order valence-electron chi connectivity index (χ2n) is 9.04. The highest BCUT2D eigenvalue weighted by atomic mass is 19.1. The van der Waals surface area contributed by atoms with Crippen molar-refractivity contribution in [2.45, 2.75) is 38.3 Å². The van der Waals surface area contributed by atoms with E-state index in [-0.39, 0.29) is 11.3 Å². The molecular weight excluding hydrogens is 386 g/mol. The standard InChI is InChI=1S/C23H20F2N4O/c24-16-5-6-17(18(25)9-16)20-7-8-26-29(20)21(30)23-11-22(12-23,13-23)14-28-19-4-2-1-3-15(19)10-27-28/h1-6,8-10,20H,7,11-14H2. The first-order valence-corrected chi connectivity index (χ1v) is 10.2. The number of benzene rings is 2. The average molecular weight is 406 g/mol. The molecule has 1 atom stereocenters. The molecule has 1 aliphatic heterocycles. The third kappa shape index (κ3) is 2.41. The highest BCUT2D eigenvalue weighted by Gasteiger charge is 2.72. The van der Waals surface area contributed by atoms with Crippen LogP contribution in [0.5, 0.6) is 0 Å². The molecule has 3 fully saturated rings. The zero-order valence-electron chi connectivity index (χ0n) is 16.3. The lowest BCUT2D eigenvalue weighted by Gasteiger charge is -2.69. The number of rotatable bonds is 4. The van der Waals surface area contributed by atoms with E-state index in [1.807, 2.05) is 29.1 Å². The van der Waals surface area contributed by atoms with E-state index in [1.165, 1.54) is 17.1 Å². The Labute approximate surface area is 172 Å². The summed E-state index contributed by atoms with van der Waals surface area (Å²) in [6.07, 6.45) is 6.37. The molecule has 1 unspecified atom stereocenters. The molecule has 2 aromatic carbocycles. The number of hydrogen-bond acceptors (Lipinski definition) is 3. The first-order valence-electron chi connectivity index (χ1n) is 10.2. The summed E-state index contributed by atoms with van der Waals surface area (Å²) in [5.74, 6) is -1.30. The van der Waals surface area contributed by atoms with Crippen molar-refractivity contribution >= 4 is 23.0 Å². The monoisotopic (exact) mass is 406 g/mol. The molecule has 0 saturated heterocycles. The number of hydrazone groups is 1. The van der Waals surface area contributed by atoms with Gasteiger partial charge in [-0.15, -0.1) is 0 Å². The van der Waals surface area contributed by atoms with Gasteiger partial charge in [0, 0.05) is 36.2 Å². The van der Waals surface area contributed by atoms with Crippen molar-refractivity contribution in [1.82, 2.24) is 14.8 Å². The van der Waals surface area contributed by atoms with Gasteiger partial charge in [-0.2, -0.15) is 10.2 Å². The lowest BCUT2D eigenvalue weighted by Crippen LogP contribution is -2.68. The van der Waals surface area contributed by atoms with Crippen molar-refractivity contribution in [2.24, 2.45) is 15.9 Å². The van der Waals surface area contributed by atoms with Crippen LogP contribution in [0.15, 0.2) is 53.8 Å². The summed E-state index contributed by atoms with van der Waals surface area (Å²) in [6, 6.07) is 11.1. The SMILES string of the molecule is O=C(N1N=CCC1c1ccc(F)cc1F)C12CC(Cn3ncc4ccccc43)(C1)C2. The number of fused-ring (bicyclic) bond motifs is 1. The summed E-state index contributed by atoms with van der Waals surface area (Å²) in [6.45, 7) is 0.800. The van der Waals surface area contributed by atoms with E-state index in [2.05, 4.69) is 16.3 Å². The molecule has 2 bridgehead atoms. The molecule has 1 aromatic heterocycles. The smallest absolute Gasteiger partial charge is 0.249 e. The van der Waals surface area contributed by atoms with Gasteiger partial charge in [0.25, 0.3) is 0 Å². The molecule has 4 aliphatic rings. The van der Waals surface area contributed by atoms with E-state index in [0.29, 0.717) is 12.0 Å². The van der Waals surface area contributed by atoms with Gasteiger partial charge in [-0.25, -0.2) is 13.8 Å². The van der Waals surface area contributed by atoms with Gasteiger partial charge >= 0.3 is 0 Å². The average Bonchev–Trinajstić information content (AvgIpc) is 3.30. The second kappa shape index (κ2) is 5.97. The third-order valence-corrected chi connectivity index (χ3v) is 6.99. The molecule has 7 heteroatoms. The summed E-state index contributed by atoms with van der Waals surface area (Å²) in [5, 5.41) is 11.3. The Bertz CT molecular complexity index is 1200. The van der Waals surface area contributed by atoms with E-state index in [4.69, 9.17) is 0 Å². The van der Waals surface area contributed by atoms with Crippen LogP contribution in [0.4, 0.5) is 8.78 Å². The lowest BCUT2D eigenvalue weighted by molar-refractivity contribution is -0.223. The molecular formula is C23H20F2N4O. The highest BCUT2D eigenvalue weighted by Crippen LogP contribution is 2.74. The van der Waals surface area contributed by atoms with Crippen LogP contribution in [0.25, 0.3) is 10.9 Å². The van der Waals surface area contributed by atoms with Crippen LogP contribution in [0, 0.1) is 22.5 Å². The van der Waals surface area contributed by atoms with Gasteiger partial charge in [0.1, 0.15) is 11.6 Å². The van der Waals surface area contributed by atoms with E-state index in [0.717, 1.165) is 42.8 Å². The van der Waals surface area contributed by atoms with E-state index >= 15 is 0 Å². The number of carbonyl (C=O) groups excluding carboxylic acids is 1. The van der Waals surface area contributed by atoms with E-state index in [9.17, 15) is 13.6 Å². The number of nitrogens with zero attached hydrogens (tertiary/aromatic N) is 4. The second-order valence-corrected chi connectivity index (χ2v) is 9.04. The Hall–Kier alpha value is -3.09. The molecule has 3 aromatic rings. The number of halogens is 2. The summed E-state index contributed by atoms with van der Waals surface area (Å²) < 4.78 is 29.6. The van der Waals surface area contributed by atoms with Crippen molar-refractivity contribution in [3.63, 3.8) is 0 Å². The molecule has 5 nitrogen and oxygen atoms in total. The predicted octanol–water partition coefficient (Wildman–Crippen LogP) is 4.44. The van der Waals surface area contributed by atoms with Gasteiger partial charge in [0.2, 0.25) is 5.91 Å². The molecule has 0 radical (unpaired) electrons. The fourth-order valence-corrected chi connectivity index (χ4v) is 5.74. The summed E-state index contributed by atoms with van der Waals surface area (Å²) >= 11 is 0. The molecule has 7 rings (SSSR count). The first kappa shape index (κ1) is 17.7. The Kier molecular flexibility index (Phi) is 3.53. The lowest BCUT2D eigenvalue weighted by atomic mass is 9.34.